The highest BCUT2D eigenvalue weighted by molar-refractivity contribution is 7.88. The van der Waals surface area contributed by atoms with Crippen molar-refractivity contribution in [2.24, 2.45) is 0 Å². The molecular weight excluding hydrogens is 463 g/mol. The van der Waals surface area contributed by atoms with E-state index in [4.69, 9.17) is 4.55 Å². The van der Waals surface area contributed by atoms with Crippen molar-refractivity contribution >= 4 is 27.1 Å². The maximum Gasteiger partial charge on any atom is 0.416 e. The Balaban J connectivity index is 1.77. The summed E-state index contributed by atoms with van der Waals surface area (Å²) >= 11 is 0.793. The van der Waals surface area contributed by atoms with Crippen molar-refractivity contribution in [1.29, 1.82) is 5.26 Å². The van der Waals surface area contributed by atoms with Crippen LogP contribution in [0.5, 0.6) is 0 Å². The van der Waals surface area contributed by atoms with E-state index in [2.05, 4.69) is 16.8 Å². The van der Waals surface area contributed by atoms with Gasteiger partial charge in [-0.25, -0.2) is 4.98 Å². The number of nitrogens with zero attached hydrogens (tertiary/aromatic N) is 3. The number of nitriles is 1. The van der Waals surface area contributed by atoms with Crippen molar-refractivity contribution in [2.75, 3.05) is 0 Å². The molecule has 0 atom stereocenters. The Morgan fingerprint density at radius 2 is 1.78 bits per heavy atom. The Morgan fingerprint density at radius 1 is 1.06 bits per heavy atom. The third-order valence-electron chi connectivity index (χ3n) is 4.42. The molecule has 1 N–H and O–H groups in total. The third-order valence-corrected chi connectivity index (χ3v) is 6.74. The molecule has 0 bridgehead atoms. The number of pyridine rings is 1. The van der Waals surface area contributed by atoms with Crippen LogP contribution < -0.4 is 0 Å². The molecule has 11 heteroatoms. The first-order valence-electron chi connectivity index (χ1n) is 8.74. The lowest BCUT2D eigenvalue weighted by molar-refractivity contribution is -0.137. The Kier molecular flexibility index (Phi) is 5.26. The van der Waals surface area contributed by atoms with Crippen LogP contribution >= 0.6 is 11.3 Å². The summed E-state index contributed by atoms with van der Waals surface area (Å²) in [6.07, 6.45) is -1.42. The Bertz CT molecular complexity index is 1550. The number of hydrogen-bond donors (Lipinski definition) is 1. The minimum atomic E-state index is -4.45. The molecule has 0 aliphatic carbocycles. The van der Waals surface area contributed by atoms with Crippen LogP contribution in [0.4, 0.5) is 13.2 Å². The fourth-order valence-electron chi connectivity index (χ4n) is 2.92. The predicted molar refractivity (Wildman–Crippen MR) is 110 cm³/mol. The maximum absolute atomic E-state index is 12.8. The van der Waals surface area contributed by atoms with Crippen molar-refractivity contribution in [3.05, 3.63) is 76.6 Å². The van der Waals surface area contributed by atoms with E-state index in [1.54, 1.807) is 6.20 Å². The molecule has 0 spiro atoms. The van der Waals surface area contributed by atoms with Crippen molar-refractivity contribution in [3.63, 3.8) is 0 Å². The quantitative estimate of drug-likeness (QED) is 0.339. The summed E-state index contributed by atoms with van der Waals surface area (Å²) in [6, 6.07) is 10.8. The van der Waals surface area contributed by atoms with E-state index in [0.29, 0.717) is 27.3 Å². The molecule has 0 saturated heterocycles. The fraction of sp³-hybridized carbons (Fsp3) is 0.0476. The number of thiophene rings is 1. The highest BCUT2D eigenvalue weighted by Crippen LogP contribution is 2.31. The molecule has 32 heavy (non-hydrogen) atoms. The lowest BCUT2D eigenvalue weighted by Crippen LogP contribution is -2.04. The topological polar surface area (TPSA) is 95.5 Å². The largest absolute Gasteiger partial charge is 0.416 e. The number of benzene rings is 1. The molecule has 0 aliphatic heterocycles. The summed E-state index contributed by atoms with van der Waals surface area (Å²) in [5, 5.41) is 9.49. The number of imidazole rings is 1. The zero-order valence-electron chi connectivity index (χ0n) is 15.8. The van der Waals surface area contributed by atoms with Crippen LogP contribution in [0.3, 0.4) is 0 Å². The van der Waals surface area contributed by atoms with Gasteiger partial charge < -0.3 is 0 Å². The molecule has 6 nitrogen and oxygen atoms in total. The van der Waals surface area contributed by atoms with Gasteiger partial charge in [0.05, 0.1) is 22.2 Å². The van der Waals surface area contributed by atoms with Gasteiger partial charge in [-0.2, -0.15) is 26.9 Å². The van der Waals surface area contributed by atoms with Gasteiger partial charge in [0.15, 0.2) is 5.65 Å². The SMILES string of the molecule is N#Cc1cc(-c2ccc(C(F)(F)F)cc2)cn2c(C#Cc3ccc(S(=O)(=O)O)s3)cnc12. The smallest absolute Gasteiger partial charge is 0.291 e. The average Bonchev–Trinajstić information content (AvgIpc) is 3.38. The number of fused-ring (bicyclic) bond motifs is 1. The summed E-state index contributed by atoms with van der Waals surface area (Å²) in [5.41, 5.74) is 1.09. The van der Waals surface area contributed by atoms with Crippen molar-refractivity contribution in [3.8, 4) is 29.0 Å². The molecule has 0 amide bonds. The Morgan fingerprint density at radius 3 is 2.38 bits per heavy atom. The van der Waals surface area contributed by atoms with E-state index in [1.807, 2.05) is 6.07 Å². The molecule has 160 valence electrons. The van der Waals surface area contributed by atoms with Crippen molar-refractivity contribution in [2.45, 2.75) is 10.4 Å². The predicted octanol–water partition coefficient (Wildman–Crippen LogP) is 4.60. The summed E-state index contributed by atoms with van der Waals surface area (Å²) in [5.74, 6) is 5.61. The highest BCUT2D eigenvalue weighted by atomic mass is 32.3. The lowest BCUT2D eigenvalue weighted by atomic mass is 10.0. The number of alkyl halides is 3. The van der Waals surface area contributed by atoms with Gasteiger partial charge in [0.25, 0.3) is 0 Å². The van der Waals surface area contributed by atoms with Crippen LogP contribution in [0.15, 0.2) is 59.1 Å². The summed E-state index contributed by atoms with van der Waals surface area (Å²) in [4.78, 5) is 4.57. The van der Waals surface area contributed by atoms with Crippen LogP contribution in [0.1, 0.15) is 21.7 Å². The molecule has 4 rings (SSSR count). The molecule has 0 radical (unpaired) electrons. The van der Waals surface area contributed by atoms with Gasteiger partial charge in [-0.15, -0.1) is 11.3 Å². The minimum Gasteiger partial charge on any atom is -0.291 e. The molecule has 3 heterocycles. The Labute approximate surface area is 184 Å². The molecule has 0 aliphatic rings. The van der Waals surface area contributed by atoms with Crippen molar-refractivity contribution < 1.29 is 26.1 Å². The van der Waals surface area contributed by atoms with Gasteiger partial charge in [-0.1, -0.05) is 12.1 Å². The second-order valence-electron chi connectivity index (χ2n) is 6.51. The van der Waals surface area contributed by atoms with Crippen LogP contribution in [0.2, 0.25) is 0 Å². The van der Waals surface area contributed by atoms with Gasteiger partial charge >= 0.3 is 16.3 Å². The molecule has 4 aromatic rings. The van der Waals surface area contributed by atoms with Gasteiger partial charge in [-0.05, 0) is 53.3 Å². The van der Waals surface area contributed by atoms with Crippen LogP contribution in [0.25, 0.3) is 16.8 Å². The fourth-order valence-corrected chi connectivity index (χ4v) is 4.44. The van der Waals surface area contributed by atoms with Gasteiger partial charge in [0.2, 0.25) is 0 Å². The number of hydrogen-bond acceptors (Lipinski definition) is 5. The van der Waals surface area contributed by atoms with E-state index in [-0.39, 0.29) is 9.77 Å². The third kappa shape index (κ3) is 4.22. The van der Waals surface area contributed by atoms with Gasteiger partial charge in [-0.3, -0.25) is 8.95 Å². The molecule has 0 saturated carbocycles. The first-order valence-corrected chi connectivity index (χ1v) is 11.0. The monoisotopic (exact) mass is 473 g/mol. The van der Waals surface area contributed by atoms with Crippen LogP contribution in [-0.4, -0.2) is 22.4 Å². The average molecular weight is 473 g/mol. The van der Waals surface area contributed by atoms with E-state index in [9.17, 15) is 26.9 Å². The molecular formula is C21H10F3N3O3S2. The standard InChI is InChI=1S/C21H10F3N3O3S2/c22-21(23,24)16-3-1-13(2-4-16)15-9-14(10-25)20-26-11-17(27(20)12-15)5-6-18-7-8-19(31-18)32(28,29)30/h1-4,7-9,11-12H,(H,28,29,30). The molecule has 3 aromatic heterocycles. The summed E-state index contributed by atoms with van der Waals surface area (Å²) < 4.78 is 71.3. The van der Waals surface area contributed by atoms with E-state index in [1.165, 1.54) is 40.9 Å². The number of aromatic nitrogens is 2. The van der Waals surface area contributed by atoms with Crippen molar-refractivity contribution in [1.82, 2.24) is 9.38 Å². The number of halogens is 3. The van der Waals surface area contributed by atoms with Gasteiger partial charge in [0, 0.05) is 6.20 Å². The molecule has 1 aromatic carbocycles. The summed E-state index contributed by atoms with van der Waals surface area (Å²) in [7, 11) is -4.32. The van der Waals surface area contributed by atoms with E-state index >= 15 is 0 Å². The second-order valence-corrected chi connectivity index (χ2v) is 9.24. The highest BCUT2D eigenvalue weighted by Gasteiger charge is 2.30. The maximum atomic E-state index is 12.8. The first kappa shape index (κ1) is 21.6. The number of rotatable bonds is 2. The zero-order valence-corrected chi connectivity index (χ0v) is 17.4. The molecule has 0 unspecified atom stereocenters. The van der Waals surface area contributed by atoms with Crippen LogP contribution in [-0.2, 0) is 16.3 Å². The Hall–Kier alpha value is -3.64. The normalized spacial score (nSPS) is 11.7. The lowest BCUT2D eigenvalue weighted by Gasteiger charge is -2.09. The minimum absolute atomic E-state index is 0.209. The summed E-state index contributed by atoms with van der Waals surface area (Å²) in [6.45, 7) is 0. The second kappa shape index (κ2) is 7.80. The van der Waals surface area contributed by atoms with E-state index in [0.717, 1.165) is 23.5 Å². The first-order chi connectivity index (χ1) is 15.1. The zero-order chi connectivity index (χ0) is 23.1. The van der Waals surface area contributed by atoms with Gasteiger partial charge in [0.1, 0.15) is 16.0 Å². The van der Waals surface area contributed by atoms with Crippen LogP contribution in [0, 0.1) is 23.2 Å². The van der Waals surface area contributed by atoms with E-state index < -0.39 is 21.9 Å². The molecule has 0 fully saturated rings.